The fourth-order valence-corrected chi connectivity index (χ4v) is 2.86. The fourth-order valence-electron chi connectivity index (χ4n) is 2.86. The van der Waals surface area contributed by atoms with Crippen LogP contribution in [-0.2, 0) is 0 Å². The number of carbonyl (C=O) groups excluding carboxylic acids is 1. The minimum Gasteiger partial charge on any atom is -0.494 e. The minimum absolute atomic E-state index is 0.0387. The summed E-state index contributed by atoms with van der Waals surface area (Å²) >= 11 is 0. The molecule has 6 nitrogen and oxygen atoms in total. The van der Waals surface area contributed by atoms with E-state index in [2.05, 4.69) is 10.4 Å². The van der Waals surface area contributed by atoms with Gasteiger partial charge in [-0.1, -0.05) is 23.8 Å². The minimum atomic E-state index is -0.447. The normalized spacial score (nSPS) is 10.5. The number of carbonyl (C=O) groups is 1. The van der Waals surface area contributed by atoms with Crippen LogP contribution in [0.5, 0.6) is 5.75 Å². The Morgan fingerprint density at radius 2 is 1.59 bits per heavy atom. The number of benzene rings is 2. The van der Waals surface area contributed by atoms with Crippen LogP contribution in [0.2, 0.25) is 0 Å². The van der Waals surface area contributed by atoms with Gasteiger partial charge in [-0.2, -0.15) is 9.78 Å². The van der Waals surface area contributed by atoms with Crippen LogP contribution in [-0.4, -0.2) is 22.8 Å². The highest BCUT2D eigenvalue weighted by molar-refractivity contribution is 6.04. The summed E-state index contributed by atoms with van der Waals surface area (Å²) in [5.41, 5.74) is 4.04. The lowest BCUT2D eigenvalue weighted by molar-refractivity contribution is 0.101. The Hall–Kier alpha value is -3.41. The van der Waals surface area contributed by atoms with Gasteiger partial charge in [-0.15, -0.1) is 0 Å². The predicted molar refractivity (Wildman–Crippen MR) is 105 cm³/mol. The van der Waals surface area contributed by atoms with Crippen molar-refractivity contribution >= 4 is 11.6 Å². The van der Waals surface area contributed by atoms with Gasteiger partial charge < -0.3 is 10.1 Å². The molecule has 0 fully saturated rings. The van der Waals surface area contributed by atoms with Crippen molar-refractivity contribution in [3.05, 3.63) is 81.3 Å². The number of methoxy groups -OCH3 is 1. The fraction of sp³-hybridized carbons (Fsp3) is 0.190. The topological polar surface area (TPSA) is 73.2 Å². The van der Waals surface area contributed by atoms with Gasteiger partial charge in [0.25, 0.3) is 11.5 Å². The van der Waals surface area contributed by atoms with Crippen LogP contribution >= 0.6 is 0 Å². The quantitative estimate of drug-likeness (QED) is 0.771. The maximum absolute atomic E-state index is 12.8. The zero-order chi connectivity index (χ0) is 19.6. The van der Waals surface area contributed by atoms with Gasteiger partial charge in [0.1, 0.15) is 0 Å². The summed E-state index contributed by atoms with van der Waals surface area (Å²) in [6, 6.07) is 14.3. The van der Waals surface area contributed by atoms with Crippen molar-refractivity contribution < 1.29 is 9.53 Å². The zero-order valence-corrected chi connectivity index (χ0v) is 15.7. The summed E-state index contributed by atoms with van der Waals surface area (Å²) in [5.74, 6) is -0.317. The molecule has 0 aliphatic carbocycles. The van der Waals surface area contributed by atoms with E-state index in [1.165, 1.54) is 17.9 Å². The number of amides is 1. The maximum Gasteiger partial charge on any atom is 0.280 e. The molecule has 0 atom stereocenters. The Morgan fingerprint density at radius 3 is 2.19 bits per heavy atom. The molecule has 1 heterocycles. The zero-order valence-electron chi connectivity index (χ0n) is 15.7. The van der Waals surface area contributed by atoms with E-state index in [0.717, 1.165) is 16.7 Å². The third-order valence-electron chi connectivity index (χ3n) is 4.09. The molecule has 0 saturated heterocycles. The number of nitrogens with one attached hydrogen (secondary N) is 1. The molecule has 138 valence electrons. The van der Waals surface area contributed by atoms with Gasteiger partial charge in [0.15, 0.2) is 11.4 Å². The second-order valence-corrected chi connectivity index (χ2v) is 6.48. The van der Waals surface area contributed by atoms with Crippen molar-refractivity contribution in [2.24, 2.45) is 0 Å². The van der Waals surface area contributed by atoms with Crippen molar-refractivity contribution in [1.29, 1.82) is 0 Å². The van der Waals surface area contributed by atoms with E-state index in [1.807, 2.05) is 51.1 Å². The summed E-state index contributed by atoms with van der Waals surface area (Å²) < 4.78 is 6.40. The standard InChI is InChI=1S/C21H21N3O3/c1-13-5-7-17(8-6-13)24-19(25)12-18(27-4)20(23-24)21(26)22-16-10-14(2)9-15(3)11-16/h5-12H,1-4H3,(H,22,26). The van der Waals surface area contributed by atoms with Crippen LogP contribution in [0.15, 0.2) is 53.3 Å². The number of ether oxygens (including phenoxy) is 1. The van der Waals surface area contributed by atoms with Crippen molar-refractivity contribution in [3.8, 4) is 11.4 Å². The Kier molecular flexibility index (Phi) is 5.07. The molecule has 6 heteroatoms. The number of hydrogen-bond acceptors (Lipinski definition) is 4. The van der Waals surface area contributed by atoms with E-state index in [0.29, 0.717) is 11.4 Å². The first-order valence-corrected chi connectivity index (χ1v) is 8.52. The molecule has 3 aromatic rings. The number of aryl methyl sites for hydroxylation is 3. The van der Waals surface area contributed by atoms with Crippen LogP contribution in [0.1, 0.15) is 27.2 Å². The average molecular weight is 363 g/mol. The van der Waals surface area contributed by atoms with Gasteiger partial charge in [-0.05, 0) is 56.2 Å². The molecule has 0 unspecified atom stereocenters. The SMILES string of the molecule is COc1cc(=O)n(-c2ccc(C)cc2)nc1C(=O)Nc1cc(C)cc(C)c1. The molecular weight excluding hydrogens is 342 g/mol. The number of hydrogen-bond donors (Lipinski definition) is 1. The number of rotatable bonds is 4. The van der Waals surface area contributed by atoms with Gasteiger partial charge >= 0.3 is 0 Å². The summed E-state index contributed by atoms with van der Waals surface area (Å²) in [6.07, 6.45) is 0. The van der Waals surface area contributed by atoms with Crippen molar-refractivity contribution in [2.75, 3.05) is 12.4 Å². The molecule has 1 N–H and O–H groups in total. The monoisotopic (exact) mass is 363 g/mol. The summed E-state index contributed by atoms with van der Waals surface area (Å²) in [6.45, 7) is 5.87. The van der Waals surface area contributed by atoms with Gasteiger partial charge in [0, 0.05) is 5.69 Å². The first-order chi connectivity index (χ1) is 12.9. The van der Waals surface area contributed by atoms with Gasteiger partial charge in [-0.3, -0.25) is 9.59 Å². The van der Waals surface area contributed by atoms with E-state index in [9.17, 15) is 9.59 Å². The second-order valence-electron chi connectivity index (χ2n) is 6.48. The molecule has 1 aromatic heterocycles. The van der Waals surface area contributed by atoms with E-state index in [1.54, 1.807) is 12.1 Å². The summed E-state index contributed by atoms with van der Waals surface area (Å²) in [5, 5.41) is 7.08. The van der Waals surface area contributed by atoms with Gasteiger partial charge in [-0.25, -0.2) is 0 Å². The van der Waals surface area contributed by atoms with Crippen LogP contribution in [0.4, 0.5) is 5.69 Å². The third-order valence-corrected chi connectivity index (χ3v) is 4.09. The van der Waals surface area contributed by atoms with Crippen molar-refractivity contribution in [1.82, 2.24) is 9.78 Å². The highest BCUT2D eigenvalue weighted by Crippen LogP contribution is 2.19. The van der Waals surface area contributed by atoms with E-state index in [-0.39, 0.29) is 17.0 Å². The second kappa shape index (κ2) is 7.45. The number of anilines is 1. The molecule has 0 aliphatic heterocycles. The van der Waals surface area contributed by atoms with Crippen LogP contribution < -0.4 is 15.6 Å². The molecule has 1 amide bonds. The van der Waals surface area contributed by atoms with E-state index >= 15 is 0 Å². The molecule has 2 aromatic carbocycles. The third kappa shape index (κ3) is 4.06. The predicted octanol–water partition coefficient (Wildman–Crippen LogP) is 3.42. The number of nitrogens with zero attached hydrogens (tertiary/aromatic N) is 2. The van der Waals surface area contributed by atoms with Crippen molar-refractivity contribution in [3.63, 3.8) is 0 Å². The lowest BCUT2D eigenvalue weighted by atomic mass is 10.1. The van der Waals surface area contributed by atoms with Gasteiger partial charge in [0.05, 0.1) is 18.9 Å². The lowest BCUT2D eigenvalue weighted by Crippen LogP contribution is -2.26. The van der Waals surface area contributed by atoms with Crippen molar-refractivity contribution in [2.45, 2.75) is 20.8 Å². The molecular formula is C21H21N3O3. The molecule has 0 bridgehead atoms. The Labute approximate surface area is 157 Å². The lowest BCUT2D eigenvalue weighted by Gasteiger charge is -2.12. The van der Waals surface area contributed by atoms with Crippen LogP contribution in [0.3, 0.4) is 0 Å². The summed E-state index contributed by atoms with van der Waals surface area (Å²) in [4.78, 5) is 25.2. The van der Waals surface area contributed by atoms with E-state index in [4.69, 9.17) is 4.74 Å². The Balaban J connectivity index is 2.02. The Bertz CT molecular complexity index is 1030. The average Bonchev–Trinajstić information content (AvgIpc) is 2.61. The van der Waals surface area contributed by atoms with Gasteiger partial charge in [0.2, 0.25) is 0 Å². The molecule has 27 heavy (non-hydrogen) atoms. The smallest absolute Gasteiger partial charge is 0.280 e. The molecule has 0 spiro atoms. The Morgan fingerprint density at radius 1 is 0.963 bits per heavy atom. The van der Waals surface area contributed by atoms with Crippen LogP contribution in [0, 0.1) is 20.8 Å². The molecule has 0 aliphatic rings. The first kappa shape index (κ1) is 18.4. The largest absolute Gasteiger partial charge is 0.494 e. The number of aromatic nitrogens is 2. The molecule has 0 radical (unpaired) electrons. The summed E-state index contributed by atoms with van der Waals surface area (Å²) in [7, 11) is 1.40. The first-order valence-electron chi connectivity index (χ1n) is 8.52. The molecule has 3 rings (SSSR count). The highest BCUT2D eigenvalue weighted by Gasteiger charge is 2.18. The van der Waals surface area contributed by atoms with E-state index < -0.39 is 5.91 Å². The van der Waals surface area contributed by atoms with Crippen LogP contribution in [0.25, 0.3) is 5.69 Å². The maximum atomic E-state index is 12.8. The molecule has 0 saturated carbocycles. The highest BCUT2D eigenvalue weighted by atomic mass is 16.5.